The lowest BCUT2D eigenvalue weighted by atomic mass is 10.2. The monoisotopic (exact) mass is 296 g/mol. The van der Waals surface area contributed by atoms with Crippen molar-refractivity contribution < 1.29 is 19.0 Å². The topological polar surface area (TPSA) is 92.3 Å². The summed E-state index contributed by atoms with van der Waals surface area (Å²) in [4.78, 5) is 28.6. The lowest BCUT2D eigenvalue weighted by Gasteiger charge is -2.07. The molecule has 0 aliphatic rings. The van der Waals surface area contributed by atoms with Gasteiger partial charge in [0.05, 0.1) is 23.9 Å². The highest BCUT2D eigenvalue weighted by Crippen LogP contribution is 2.32. The number of ether oxygens (including phenoxy) is 1. The zero-order chi connectivity index (χ0) is 14.7. The molecule has 104 valence electrons. The van der Waals surface area contributed by atoms with Crippen molar-refractivity contribution in [3.63, 3.8) is 0 Å². The third-order valence-electron chi connectivity index (χ3n) is 2.37. The maximum Gasteiger partial charge on any atom is 0.335 e. The first-order valence-corrected chi connectivity index (χ1v) is 6.17. The van der Waals surface area contributed by atoms with Crippen molar-refractivity contribution in [1.29, 1.82) is 0 Å². The number of benzene rings is 1. The van der Waals surface area contributed by atoms with Crippen LogP contribution < -0.4 is 10.3 Å². The Labute approximate surface area is 116 Å². The highest BCUT2D eigenvalue weighted by Gasteiger charge is 2.15. The zero-order valence-electron chi connectivity index (χ0n) is 10.2. The van der Waals surface area contributed by atoms with Gasteiger partial charge in [-0.15, -0.1) is 0 Å². The minimum absolute atomic E-state index is 0.0429. The van der Waals surface area contributed by atoms with Crippen LogP contribution in [0.1, 0.15) is 10.4 Å². The van der Waals surface area contributed by atoms with Crippen LogP contribution in [0.4, 0.5) is 4.39 Å². The maximum absolute atomic E-state index is 13.7. The SMILES string of the molecule is COc1c(Sc2cc(C(=O)O)ccc2F)nc[nH]c1=O. The predicted octanol–water partition coefficient (Wildman–Crippen LogP) is 1.77. The van der Waals surface area contributed by atoms with Crippen LogP contribution in [0.2, 0.25) is 0 Å². The number of halogens is 1. The number of rotatable bonds is 4. The molecular formula is C12H9FN2O4S. The smallest absolute Gasteiger partial charge is 0.335 e. The summed E-state index contributed by atoms with van der Waals surface area (Å²) < 4.78 is 18.6. The quantitative estimate of drug-likeness (QED) is 0.835. The molecule has 0 amide bonds. The number of nitrogens with one attached hydrogen (secondary N) is 1. The Bertz CT molecular complexity index is 717. The van der Waals surface area contributed by atoms with E-state index in [0.29, 0.717) is 0 Å². The van der Waals surface area contributed by atoms with Gasteiger partial charge in [-0.2, -0.15) is 0 Å². The molecule has 0 bridgehead atoms. The molecule has 2 aromatic rings. The van der Waals surface area contributed by atoms with Gasteiger partial charge in [0.15, 0.2) is 5.03 Å². The van der Waals surface area contributed by atoms with E-state index in [1.165, 1.54) is 13.2 Å². The number of hydrogen-bond acceptors (Lipinski definition) is 5. The fourth-order valence-electron chi connectivity index (χ4n) is 1.44. The summed E-state index contributed by atoms with van der Waals surface area (Å²) in [7, 11) is 1.29. The molecule has 1 aromatic carbocycles. The molecule has 2 rings (SSSR count). The van der Waals surface area contributed by atoms with Crippen molar-refractivity contribution in [1.82, 2.24) is 9.97 Å². The van der Waals surface area contributed by atoms with Gasteiger partial charge in [0.25, 0.3) is 5.56 Å². The van der Waals surface area contributed by atoms with Gasteiger partial charge in [-0.1, -0.05) is 11.8 Å². The van der Waals surface area contributed by atoms with Crippen molar-refractivity contribution in [3.05, 3.63) is 46.3 Å². The number of carboxylic acids is 1. The molecular weight excluding hydrogens is 287 g/mol. The van der Waals surface area contributed by atoms with Gasteiger partial charge in [-0.05, 0) is 18.2 Å². The molecule has 2 N–H and O–H groups in total. The van der Waals surface area contributed by atoms with Crippen molar-refractivity contribution in [2.45, 2.75) is 9.92 Å². The van der Waals surface area contributed by atoms with Crippen LogP contribution in [-0.2, 0) is 0 Å². The Morgan fingerprint density at radius 2 is 2.25 bits per heavy atom. The van der Waals surface area contributed by atoms with Crippen LogP contribution in [0.5, 0.6) is 5.75 Å². The van der Waals surface area contributed by atoms with Gasteiger partial charge >= 0.3 is 5.97 Å². The van der Waals surface area contributed by atoms with Crippen molar-refractivity contribution in [2.75, 3.05) is 7.11 Å². The number of aromatic amines is 1. The van der Waals surface area contributed by atoms with E-state index in [9.17, 15) is 14.0 Å². The molecule has 0 fully saturated rings. The second-order valence-electron chi connectivity index (χ2n) is 3.62. The molecule has 8 heteroatoms. The van der Waals surface area contributed by atoms with Gasteiger partial charge in [0.1, 0.15) is 5.82 Å². The van der Waals surface area contributed by atoms with Crippen LogP contribution in [-0.4, -0.2) is 28.2 Å². The third-order valence-corrected chi connectivity index (χ3v) is 3.38. The van der Waals surface area contributed by atoms with Crippen LogP contribution in [0.15, 0.2) is 39.2 Å². The predicted molar refractivity (Wildman–Crippen MR) is 68.9 cm³/mol. The first-order chi connectivity index (χ1) is 9.52. The molecule has 0 saturated carbocycles. The second kappa shape index (κ2) is 5.74. The molecule has 1 heterocycles. The van der Waals surface area contributed by atoms with Crippen LogP contribution in [0, 0.1) is 5.82 Å². The summed E-state index contributed by atoms with van der Waals surface area (Å²) in [5.74, 6) is -1.83. The van der Waals surface area contributed by atoms with E-state index >= 15 is 0 Å². The second-order valence-corrected chi connectivity index (χ2v) is 4.65. The summed E-state index contributed by atoms with van der Waals surface area (Å²) in [5, 5.41) is 9.03. The Balaban J connectivity index is 2.44. The van der Waals surface area contributed by atoms with Crippen molar-refractivity contribution >= 4 is 17.7 Å². The minimum atomic E-state index is -1.17. The van der Waals surface area contributed by atoms with Gasteiger partial charge in [-0.25, -0.2) is 14.2 Å². The molecule has 0 spiro atoms. The van der Waals surface area contributed by atoms with Crippen molar-refractivity contribution in [3.8, 4) is 5.75 Å². The van der Waals surface area contributed by atoms with Gasteiger partial charge < -0.3 is 14.8 Å². The van der Waals surface area contributed by atoms with Gasteiger partial charge in [0, 0.05) is 0 Å². The fourth-order valence-corrected chi connectivity index (χ4v) is 2.38. The van der Waals surface area contributed by atoms with Crippen LogP contribution in [0.25, 0.3) is 0 Å². The first-order valence-electron chi connectivity index (χ1n) is 5.35. The maximum atomic E-state index is 13.7. The highest BCUT2D eigenvalue weighted by molar-refractivity contribution is 7.99. The number of carboxylic acid groups (broad SMARTS) is 1. The molecule has 0 aliphatic carbocycles. The normalized spacial score (nSPS) is 10.3. The van der Waals surface area contributed by atoms with Gasteiger partial charge in [0.2, 0.25) is 5.75 Å². The lowest BCUT2D eigenvalue weighted by Crippen LogP contribution is -2.10. The van der Waals surface area contributed by atoms with E-state index < -0.39 is 17.3 Å². The van der Waals surface area contributed by atoms with E-state index in [1.807, 2.05) is 0 Å². The van der Waals surface area contributed by atoms with E-state index in [4.69, 9.17) is 9.84 Å². The molecule has 0 atom stereocenters. The molecule has 0 aliphatic heterocycles. The number of hydrogen-bond donors (Lipinski definition) is 2. The average molecular weight is 296 g/mol. The summed E-state index contributed by atoms with van der Waals surface area (Å²) in [6.07, 6.45) is 1.16. The third kappa shape index (κ3) is 2.80. The number of aromatic nitrogens is 2. The summed E-state index contributed by atoms with van der Waals surface area (Å²) in [5.41, 5.74) is -0.558. The van der Waals surface area contributed by atoms with Crippen LogP contribution in [0.3, 0.4) is 0 Å². The first kappa shape index (κ1) is 14.1. The number of carbonyl (C=O) groups is 1. The molecule has 0 saturated heterocycles. The summed E-state index contributed by atoms with van der Waals surface area (Å²) in [6.45, 7) is 0. The molecule has 6 nitrogen and oxygen atoms in total. The molecule has 20 heavy (non-hydrogen) atoms. The van der Waals surface area contributed by atoms with E-state index in [0.717, 1.165) is 30.2 Å². The lowest BCUT2D eigenvalue weighted by molar-refractivity contribution is 0.0696. The number of aromatic carboxylic acids is 1. The van der Waals surface area contributed by atoms with Gasteiger partial charge in [-0.3, -0.25) is 4.79 Å². The van der Waals surface area contributed by atoms with E-state index in [-0.39, 0.29) is 21.2 Å². The number of methoxy groups -OCH3 is 1. The zero-order valence-corrected chi connectivity index (χ0v) is 11.0. The fraction of sp³-hybridized carbons (Fsp3) is 0.0833. The summed E-state index contributed by atoms with van der Waals surface area (Å²) >= 11 is 0.817. The minimum Gasteiger partial charge on any atom is -0.489 e. The summed E-state index contributed by atoms with van der Waals surface area (Å²) in [6, 6.07) is 3.38. The largest absolute Gasteiger partial charge is 0.489 e. The highest BCUT2D eigenvalue weighted by atomic mass is 32.2. The Morgan fingerprint density at radius 1 is 1.50 bits per heavy atom. The molecule has 0 radical (unpaired) electrons. The standard InChI is InChI=1S/C12H9FN2O4S/c1-19-9-10(16)14-5-15-11(9)20-8-4-6(12(17)18)2-3-7(8)13/h2-5H,1H3,(H,17,18)(H,14,15,16). The Morgan fingerprint density at radius 3 is 2.90 bits per heavy atom. The van der Waals surface area contributed by atoms with E-state index in [2.05, 4.69) is 9.97 Å². The average Bonchev–Trinajstić information content (AvgIpc) is 2.41. The molecule has 0 unspecified atom stereocenters. The Kier molecular flexibility index (Phi) is 4.04. The van der Waals surface area contributed by atoms with Crippen molar-refractivity contribution in [2.24, 2.45) is 0 Å². The van der Waals surface area contributed by atoms with E-state index in [1.54, 1.807) is 0 Å². The van der Waals surface area contributed by atoms with Crippen LogP contribution >= 0.6 is 11.8 Å². The Hall–Kier alpha value is -2.35. The molecule has 1 aromatic heterocycles. The number of H-pyrrole nitrogens is 1. The number of nitrogens with zero attached hydrogens (tertiary/aromatic N) is 1.